The molecule has 2 rings (SSSR count). The number of aromatic nitrogens is 1. The number of pyridine rings is 1. The molecule has 1 N–H and O–H groups in total. The fourth-order valence-electron chi connectivity index (χ4n) is 1.41. The fourth-order valence-corrected chi connectivity index (χ4v) is 2.01. The second kappa shape index (κ2) is 5.23. The monoisotopic (exact) mass is 287 g/mol. The van der Waals surface area contributed by atoms with Gasteiger partial charge in [-0.1, -0.05) is 40.9 Å². The Balaban J connectivity index is 2.45. The number of nitrogens with zero attached hydrogens (tertiary/aromatic N) is 1. The Bertz CT molecular complexity index is 517. The van der Waals surface area contributed by atoms with Gasteiger partial charge in [-0.3, -0.25) is 4.98 Å². The van der Waals surface area contributed by atoms with Gasteiger partial charge in [-0.05, 0) is 23.8 Å². The first-order valence-electron chi connectivity index (χ1n) is 4.82. The summed E-state index contributed by atoms with van der Waals surface area (Å²) in [5.74, 6) is 0. The minimum atomic E-state index is -0.0809. The topological polar surface area (TPSA) is 33.1 Å². The van der Waals surface area contributed by atoms with E-state index in [1.807, 2.05) is 6.07 Å². The maximum atomic E-state index is 8.90. The number of benzene rings is 1. The van der Waals surface area contributed by atoms with Crippen molar-refractivity contribution in [3.05, 3.63) is 51.2 Å². The summed E-state index contributed by atoms with van der Waals surface area (Å²) < 4.78 is 0. The van der Waals surface area contributed by atoms with Gasteiger partial charge in [0.1, 0.15) is 0 Å². The lowest BCUT2D eigenvalue weighted by molar-refractivity contribution is 0.277. The third kappa shape index (κ3) is 2.72. The van der Waals surface area contributed by atoms with Crippen molar-refractivity contribution in [2.45, 2.75) is 6.61 Å². The Labute approximate surface area is 114 Å². The van der Waals surface area contributed by atoms with Crippen molar-refractivity contribution in [2.75, 3.05) is 0 Å². The smallest absolute Gasteiger partial charge is 0.0852 e. The van der Waals surface area contributed by atoms with Crippen LogP contribution in [0.4, 0.5) is 0 Å². The lowest BCUT2D eigenvalue weighted by Crippen LogP contribution is -1.89. The van der Waals surface area contributed by atoms with E-state index in [1.54, 1.807) is 24.4 Å². The van der Waals surface area contributed by atoms with Crippen molar-refractivity contribution in [2.24, 2.45) is 0 Å². The van der Waals surface area contributed by atoms with E-state index >= 15 is 0 Å². The summed E-state index contributed by atoms with van der Waals surface area (Å²) >= 11 is 17.8. The van der Waals surface area contributed by atoms with Gasteiger partial charge in [0.25, 0.3) is 0 Å². The lowest BCUT2D eigenvalue weighted by Gasteiger charge is -2.06. The van der Waals surface area contributed by atoms with Crippen LogP contribution in [0.1, 0.15) is 5.69 Å². The average Bonchev–Trinajstić information content (AvgIpc) is 2.35. The molecule has 0 amide bonds. The molecule has 0 bridgehead atoms. The standard InChI is InChI=1S/C12H8Cl3NO/c13-10-3-8(4-11(14)12(10)15)7-1-2-9(6-17)16-5-7/h1-5,17H,6H2. The molecule has 0 aliphatic heterocycles. The van der Waals surface area contributed by atoms with Crippen molar-refractivity contribution < 1.29 is 5.11 Å². The van der Waals surface area contributed by atoms with Crippen LogP contribution in [0.25, 0.3) is 11.1 Å². The first-order valence-corrected chi connectivity index (χ1v) is 5.96. The molecule has 0 fully saturated rings. The predicted molar refractivity (Wildman–Crippen MR) is 70.6 cm³/mol. The summed E-state index contributed by atoms with van der Waals surface area (Å²) in [7, 11) is 0. The molecular formula is C12H8Cl3NO. The van der Waals surface area contributed by atoms with Gasteiger partial charge >= 0.3 is 0 Å². The summed E-state index contributed by atoms with van der Waals surface area (Å²) in [4.78, 5) is 4.09. The van der Waals surface area contributed by atoms with Gasteiger partial charge in [0.05, 0.1) is 27.4 Å². The molecule has 0 spiro atoms. The van der Waals surface area contributed by atoms with Crippen molar-refractivity contribution in [1.29, 1.82) is 0 Å². The molecule has 0 aliphatic rings. The number of aliphatic hydroxyl groups is 1. The molecule has 0 saturated carbocycles. The number of hydrogen-bond donors (Lipinski definition) is 1. The molecule has 0 radical (unpaired) electrons. The van der Waals surface area contributed by atoms with E-state index in [9.17, 15) is 0 Å². The normalized spacial score (nSPS) is 10.6. The third-order valence-corrected chi connectivity index (χ3v) is 3.50. The summed E-state index contributed by atoms with van der Waals surface area (Å²) in [5.41, 5.74) is 2.31. The first-order chi connectivity index (χ1) is 8.11. The highest BCUT2D eigenvalue weighted by molar-refractivity contribution is 6.48. The Morgan fingerprint density at radius 3 is 2.12 bits per heavy atom. The largest absolute Gasteiger partial charge is 0.390 e. The zero-order chi connectivity index (χ0) is 12.4. The summed E-state index contributed by atoms with van der Waals surface area (Å²) in [5, 5.41) is 10.1. The molecule has 0 saturated heterocycles. The summed E-state index contributed by atoms with van der Waals surface area (Å²) in [6.45, 7) is -0.0809. The maximum absolute atomic E-state index is 8.90. The SMILES string of the molecule is OCc1ccc(-c2cc(Cl)c(Cl)c(Cl)c2)cn1. The second-order valence-corrected chi connectivity index (χ2v) is 4.64. The quantitative estimate of drug-likeness (QED) is 0.840. The van der Waals surface area contributed by atoms with Gasteiger partial charge in [-0.2, -0.15) is 0 Å². The number of hydrogen-bond acceptors (Lipinski definition) is 2. The lowest BCUT2D eigenvalue weighted by atomic mass is 10.1. The van der Waals surface area contributed by atoms with Gasteiger partial charge in [0.2, 0.25) is 0 Å². The molecule has 1 aromatic carbocycles. The minimum absolute atomic E-state index is 0.0809. The Morgan fingerprint density at radius 1 is 1.00 bits per heavy atom. The van der Waals surface area contributed by atoms with Crippen LogP contribution in [-0.2, 0) is 6.61 Å². The highest BCUT2D eigenvalue weighted by Crippen LogP contribution is 2.34. The van der Waals surface area contributed by atoms with Crippen molar-refractivity contribution in [1.82, 2.24) is 4.98 Å². The minimum Gasteiger partial charge on any atom is -0.390 e. The Hall–Kier alpha value is -0.800. The number of halogens is 3. The van der Waals surface area contributed by atoms with Crippen molar-refractivity contribution in [3.8, 4) is 11.1 Å². The van der Waals surface area contributed by atoms with Gasteiger partial charge in [-0.15, -0.1) is 0 Å². The molecule has 0 aliphatic carbocycles. The molecule has 88 valence electrons. The van der Waals surface area contributed by atoms with E-state index in [0.29, 0.717) is 20.8 Å². The molecule has 1 aromatic heterocycles. The number of rotatable bonds is 2. The second-order valence-electron chi connectivity index (χ2n) is 3.45. The molecule has 1 heterocycles. The molecule has 0 unspecified atom stereocenters. The van der Waals surface area contributed by atoms with Crippen molar-refractivity contribution in [3.63, 3.8) is 0 Å². The molecule has 2 aromatic rings. The molecule has 5 heteroatoms. The van der Waals surface area contributed by atoms with Crippen LogP contribution in [0.5, 0.6) is 0 Å². The van der Waals surface area contributed by atoms with Gasteiger partial charge in [-0.25, -0.2) is 0 Å². The highest BCUT2D eigenvalue weighted by Gasteiger charge is 2.07. The highest BCUT2D eigenvalue weighted by atomic mass is 35.5. The Morgan fingerprint density at radius 2 is 1.65 bits per heavy atom. The molecule has 0 atom stereocenters. The zero-order valence-electron chi connectivity index (χ0n) is 8.62. The third-order valence-electron chi connectivity index (χ3n) is 2.30. The average molecular weight is 289 g/mol. The van der Waals surface area contributed by atoms with Crippen LogP contribution in [0.2, 0.25) is 15.1 Å². The maximum Gasteiger partial charge on any atom is 0.0852 e. The summed E-state index contributed by atoms with van der Waals surface area (Å²) in [6, 6.07) is 7.04. The fraction of sp³-hybridized carbons (Fsp3) is 0.0833. The van der Waals surface area contributed by atoms with E-state index in [4.69, 9.17) is 39.9 Å². The van der Waals surface area contributed by atoms with Crippen LogP contribution < -0.4 is 0 Å². The van der Waals surface area contributed by atoms with E-state index in [-0.39, 0.29) is 6.61 Å². The molecular weight excluding hydrogens is 280 g/mol. The van der Waals surface area contributed by atoms with Gasteiger partial charge < -0.3 is 5.11 Å². The van der Waals surface area contributed by atoms with Gasteiger partial charge in [0.15, 0.2) is 0 Å². The molecule has 2 nitrogen and oxygen atoms in total. The van der Waals surface area contributed by atoms with Crippen molar-refractivity contribution >= 4 is 34.8 Å². The van der Waals surface area contributed by atoms with Crippen LogP contribution in [0, 0.1) is 0 Å². The van der Waals surface area contributed by atoms with Crippen LogP contribution >= 0.6 is 34.8 Å². The van der Waals surface area contributed by atoms with Gasteiger partial charge in [0, 0.05) is 11.8 Å². The van der Waals surface area contributed by atoms with Crippen LogP contribution in [-0.4, -0.2) is 10.1 Å². The number of aliphatic hydroxyl groups excluding tert-OH is 1. The van der Waals surface area contributed by atoms with E-state index < -0.39 is 0 Å². The van der Waals surface area contributed by atoms with E-state index in [0.717, 1.165) is 11.1 Å². The van der Waals surface area contributed by atoms with Crippen LogP contribution in [0.3, 0.4) is 0 Å². The van der Waals surface area contributed by atoms with E-state index in [2.05, 4.69) is 4.98 Å². The zero-order valence-corrected chi connectivity index (χ0v) is 10.9. The molecule has 17 heavy (non-hydrogen) atoms. The summed E-state index contributed by atoms with van der Waals surface area (Å²) in [6.07, 6.45) is 1.65. The first kappa shape index (κ1) is 12.7. The predicted octanol–water partition coefficient (Wildman–Crippen LogP) is 4.20. The Kier molecular flexibility index (Phi) is 3.89. The van der Waals surface area contributed by atoms with E-state index in [1.165, 1.54) is 0 Å². The van der Waals surface area contributed by atoms with Crippen LogP contribution in [0.15, 0.2) is 30.5 Å².